The van der Waals surface area contributed by atoms with E-state index in [1.54, 1.807) is 11.8 Å². The Balaban J connectivity index is 2.73. The summed E-state index contributed by atoms with van der Waals surface area (Å²) in [6, 6.07) is -0.212. The lowest BCUT2D eigenvalue weighted by Gasteiger charge is -2.17. The standard InChI is InChI=1S/C14H23N3O3S/c1-6-17(7-2)14(19)16-13-15-10(5)11(21-13)12(18)20-8-9(3)4/h9H,6-8H2,1-5H3,(H,15,16,19). The molecule has 0 aliphatic rings. The molecule has 7 heteroatoms. The van der Waals surface area contributed by atoms with Crippen LogP contribution in [0.4, 0.5) is 9.93 Å². The van der Waals surface area contributed by atoms with E-state index >= 15 is 0 Å². The third-order valence-electron chi connectivity index (χ3n) is 2.79. The van der Waals surface area contributed by atoms with Crippen molar-refractivity contribution in [3.05, 3.63) is 10.6 Å². The van der Waals surface area contributed by atoms with Gasteiger partial charge in [0.15, 0.2) is 5.13 Å². The van der Waals surface area contributed by atoms with E-state index in [0.717, 1.165) is 11.3 Å². The topological polar surface area (TPSA) is 71.5 Å². The predicted octanol–water partition coefficient (Wildman–Crippen LogP) is 3.14. The summed E-state index contributed by atoms with van der Waals surface area (Å²) >= 11 is 1.14. The van der Waals surface area contributed by atoms with Crippen molar-refractivity contribution in [2.45, 2.75) is 34.6 Å². The van der Waals surface area contributed by atoms with Crippen LogP contribution in [0.3, 0.4) is 0 Å². The van der Waals surface area contributed by atoms with Gasteiger partial charge in [0.2, 0.25) is 0 Å². The van der Waals surface area contributed by atoms with Crippen molar-refractivity contribution in [3.8, 4) is 0 Å². The van der Waals surface area contributed by atoms with Gasteiger partial charge in [-0.3, -0.25) is 5.32 Å². The fraction of sp³-hybridized carbons (Fsp3) is 0.643. The molecular weight excluding hydrogens is 290 g/mol. The zero-order chi connectivity index (χ0) is 16.0. The minimum atomic E-state index is -0.387. The van der Waals surface area contributed by atoms with Crippen molar-refractivity contribution < 1.29 is 14.3 Å². The van der Waals surface area contributed by atoms with Gasteiger partial charge in [0.05, 0.1) is 12.3 Å². The molecule has 0 spiro atoms. The molecule has 0 saturated heterocycles. The van der Waals surface area contributed by atoms with Crippen molar-refractivity contribution in [2.75, 3.05) is 25.0 Å². The molecule has 0 aliphatic carbocycles. The summed E-state index contributed by atoms with van der Waals surface area (Å²) in [7, 11) is 0. The van der Waals surface area contributed by atoms with E-state index < -0.39 is 0 Å². The third-order valence-corrected chi connectivity index (χ3v) is 3.85. The highest BCUT2D eigenvalue weighted by molar-refractivity contribution is 7.17. The monoisotopic (exact) mass is 313 g/mol. The normalized spacial score (nSPS) is 10.6. The largest absolute Gasteiger partial charge is 0.461 e. The van der Waals surface area contributed by atoms with Crippen molar-refractivity contribution in [3.63, 3.8) is 0 Å². The van der Waals surface area contributed by atoms with Gasteiger partial charge in [-0.05, 0) is 26.7 Å². The first kappa shape index (κ1) is 17.4. The van der Waals surface area contributed by atoms with Gasteiger partial charge in [0, 0.05) is 13.1 Å². The summed E-state index contributed by atoms with van der Waals surface area (Å²) in [4.78, 5) is 30.2. The van der Waals surface area contributed by atoms with Gasteiger partial charge in [-0.25, -0.2) is 14.6 Å². The summed E-state index contributed by atoms with van der Waals surface area (Å²) in [6.07, 6.45) is 0. The molecule has 0 fully saturated rings. The molecule has 1 aromatic heterocycles. The number of esters is 1. The number of aromatic nitrogens is 1. The van der Waals surface area contributed by atoms with Crippen LogP contribution >= 0.6 is 11.3 Å². The molecule has 0 radical (unpaired) electrons. The number of anilines is 1. The molecule has 1 N–H and O–H groups in total. The van der Waals surface area contributed by atoms with Crippen LogP contribution in [-0.4, -0.2) is 41.6 Å². The second-order valence-electron chi connectivity index (χ2n) is 5.03. The number of hydrogen-bond acceptors (Lipinski definition) is 5. The summed E-state index contributed by atoms with van der Waals surface area (Å²) < 4.78 is 5.19. The molecular formula is C14H23N3O3S. The maximum absolute atomic E-state index is 11.9. The van der Waals surface area contributed by atoms with Crippen molar-refractivity contribution in [2.24, 2.45) is 5.92 Å². The van der Waals surface area contributed by atoms with Gasteiger partial charge in [0.1, 0.15) is 4.88 Å². The first-order chi connectivity index (χ1) is 9.88. The molecule has 0 saturated carbocycles. The second-order valence-corrected chi connectivity index (χ2v) is 6.03. The molecule has 118 valence electrons. The lowest BCUT2D eigenvalue weighted by Crippen LogP contribution is -2.34. The van der Waals surface area contributed by atoms with Crippen LogP contribution in [0, 0.1) is 12.8 Å². The maximum atomic E-state index is 11.9. The molecule has 0 unspecified atom stereocenters. The van der Waals surface area contributed by atoms with E-state index in [0.29, 0.717) is 35.4 Å². The SMILES string of the molecule is CCN(CC)C(=O)Nc1nc(C)c(C(=O)OCC(C)C)s1. The van der Waals surface area contributed by atoms with E-state index in [9.17, 15) is 9.59 Å². The first-order valence-corrected chi connectivity index (χ1v) is 7.91. The molecule has 0 bridgehead atoms. The van der Waals surface area contributed by atoms with E-state index in [1.165, 1.54) is 0 Å². The predicted molar refractivity (Wildman–Crippen MR) is 83.9 cm³/mol. The molecule has 1 rings (SSSR count). The van der Waals surface area contributed by atoms with Crippen molar-refractivity contribution in [1.29, 1.82) is 0 Å². The number of carbonyl (C=O) groups is 2. The van der Waals surface area contributed by atoms with Gasteiger partial charge in [-0.15, -0.1) is 0 Å². The number of urea groups is 1. The summed E-state index contributed by atoms with van der Waals surface area (Å²) in [6.45, 7) is 11.1. The molecule has 0 aromatic carbocycles. The minimum Gasteiger partial charge on any atom is -0.461 e. The number of hydrogen-bond donors (Lipinski definition) is 1. The molecule has 6 nitrogen and oxygen atoms in total. The highest BCUT2D eigenvalue weighted by Gasteiger charge is 2.19. The summed E-state index contributed by atoms with van der Waals surface area (Å²) in [5.41, 5.74) is 0.573. The van der Waals surface area contributed by atoms with Gasteiger partial charge in [0.25, 0.3) is 0 Å². The number of rotatable bonds is 6. The summed E-state index contributed by atoms with van der Waals surface area (Å²) in [5.74, 6) is -0.106. The Labute approximate surface area is 129 Å². The Hall–Kier alpha value is -1.63. The smallest absolute Gasteiger partial charge is 0.350 e. The fourth-order valence-corrected chi connectivity index (χ4v) is 2.48. The molecule has 1 aromatic rings. The lowest BCUT2D eigenvalue weighted by atomic mass is 10.2. The van der Waals surface area contributed by atoms with Gasteiger partial charge >= 0.3 is 12.0 Å². The molecule has 1 heterocycles. The van der Waals surface area contributed by atoms with Crippen LogP contribution < -0.4 is 5.32 Å². The summed E-state index contributed by atoms with van der Waals surface area (Å²) in [5, 5.41) is 3.13. The number of amides is 2. The fourth-order valence-electron chi connectivity index (χ4n) is 1.63. The average molecular weight is 313 g/mol. The Morgan fingerprint density at radius 2 is 1.95 bits per heavy atom. The van der Waals surface area contributed by atoms with Gasteiger partial charge < -0.3 is 9.64 Å². The third kappa shape index (κ3) is 5.00. The average Bonchev–Trinajstić information content (AvgIpc) is 2.78. The molecule has 0 atom stereocenters. The van der Waals surface area contributed by atoms with Crippen LogP contribution in [-0.2, 0) is 4.74 Å². The zero-order valence-electron chi connectivity index (χ0n) is 13.2. The Kier molecular flexibility index (Phi) is 6.61. The quantitative estimate of drug-likeness (QED) is 0.819. The molecule has 2 amide bonds. The van der Waals surface area contributed by atoms with Crippen molar-refractivity contribution in [1.82, 2.24) is 9.88 Å². The van der Waals surface area contributed by atoms with E-state index in [-0.39, 0.29) is 17.9 Å². The van der Waals surface area contributed by atoms with Crippen molar-refractivity contribution >= 4 is 28.5 Å². The minimum absolute atomic E-state index is 0.212. The number of carbonyl (C=O) groups excluding carboxylic acids is 2. The van der Waals surface area contributed by atoms with Crippen LogP contribution in [0.2, 0.25) is 0 Å². The van der Waals surface area contributed by atoms with Crippen LogP contribution in [0.25, 0.3) is 0 Å². The Morgan fingerprint density at radius 1 is 1.33 bits per heavy atom. The number of nitrogens with one attached hydrogen (secondary N) is 1. The number of thiazole rings is 1. The number of nitrogens with zero attached hydrogens (tertiary/aromatic N) is 2. The van der Waals surface area contributed by atoms with E-state index in [1.807, 2.05) is 27.7 Å². The highest BCUT2D eigenvalue weighted by Crippen LogP contribution is 2.23. The van der Waals surface area contributed by atoms with Crippen LogP contribution in [0.5, 0.6) is 0 Å². The van der Waals surface area contributed by atoms with Crippen LogP contribution in [0.1, 0.15) is 43.1 Å². The highest BCUT2D eigenvalue weighted by atomic mass is 32.1. The van der Waals surface area contributed by atoms with Crippen LogP contribution in [0.15, 0.2) is 0 Å². The Morgan fingerprint density at radius 3 is 2.48 bits per heavy atom. The van der Waals surface area contributed by atoms with Gasteiger partial charge in [-0.1, -0.05) is 25.2 Å². The molecule has 0 aliphatic heterocycles. The first-order valence-electron chi connectivity index (χ1n) is 7.09. The van der Waals surface area contributed by atoms with E-state index in [4.69, 9.17) is 4.74 Å². The van der Waals surface area contributed by atoms with Gasteiger partial charge in [-0.2, -0.15) is 0 Å². The number of aryl methyl sites for hydroxylation is 1. The molecule has 21 heavy (non-hydrogen) atoms. The second kappa shape index (κ2) is 7.97. The zero-order valence-corrected chi connectivity index (χ0v) is 14.0. The number of ether oxygens (including phenoxy) is 1. The Bertz CT molecular complexity index is 496. The maximum Gasteiger partial charge on any atom is 0.350 e. The lowest BCUT2D eigenvalue weighted by molar-refractivity contribution is 0.0463. The van der Waals surface area contributed by atoms with E-state index in [2.05, 4.69) is 10.3 Å².